The Morgan fingerprint density at radius 2 is 2.11 bits per heavy atom. The Morgan fingerprint density at radius 1 is 1.39 bits per heavy atom. The Morgan fingerprint density at radius 3 is 2.72 bits per heavy atom. The smallest absolute Gasteiger partial charge is 0.226 e. The summed E-state index contributed by atoms with van der Waals surface area (Å²) in [5.41, 5.74) is 2.84. The van der Waals surface area contributed by atoms with Crippen LogP contribution in [0, 0.1) is 6.92 Å². The molecule has 0 spiro atoms. The van der Waals surface area contributed by atoms with Crippen molar-refractivity contribution < 1.29 is 4.79 Å². The number of hydrogen-bond donors (Lipinski definition) is 2. The fourth-order valence-electron chi connectivity index (χ4n) is 1.85. The van der Waals surface area contributed by atoms with Crippen LogP contribution >= 0.6 is 0 Å². The third-order valence-corrected chi connectivity index (χ3v) is 2.78. The summed E-state index contributed by atoms with van der Waals surface area (Å²) in [5, 5.41) is 9.84. The minimum Gasteiger partial charge on any atom is -0.349 e. The van der Waals surface area contributed by atoms with E-state index in [1.54, 1.807) is 0 Å². The number of aromatic amines is 1. The van der Waals surface area contributed by atoms with Gasteiger partial charge in [-0.3, -0.25) is 9.89 Å². The highest BCUT2D eigenvalue weighted by Crippen LogP contribution is 2.11. The zero-order valence-electron chi connectivity index (χ0n) is 10.6. The lowest BCUT2D eigenvalue weighted by Gasteiger charge is -2.13. The van der Waals surface area contributed by atoms with Gasteiger partial charge in [-0.2, -0.15) is 5.10 Å². The highest BCUT2D eigenvalue weighted by molar-refractivity contribution is 5.78. The van der Waals surface area contributed by atoms with Crippen LogP contribution in [0.25, 0.3) is 0 Å². The Balaban J connectivity index is 1.92. The molecule has 1 unspecified atom stereocenters. The molecule has 0 aliphatic rings. The monoisotopic (exact) mass is 243 g/mol. The summed E-state index contributed by atoms with van der Waals surface area (Å²) in [6, 6.07) is 11.8. The topological polar surface area (TPSA) is 57.8 Å². The Labute approximate surface area is 106 Å². The third-order valence-electron chi connectivity index (χ3n) is 2.78. The van der Waals surface area contributed by atoms with E-state index >= 15 is 0 Å². The first-order valence-corrected chi connectivity index (χ1v) is 6.00. The van der Waals surface area contributed by atoms with Gasteiger partial charge in [0.25, 0.3) is 0 Å². The quantitative estimate of drug-likeness (QED) is 0.864. The SMILES string of the molecule is Cc1cc(CC(=O)NC(C)c2ccccc2)n[nH]1. The molecule has 0 aliphatic carbocycles. The van der Waals surface area contributed by atoms with Crippen LogP contribution in [-0.4, -0.2) is 16.1 Å². The average Bonchev–Trinajstić information content (AvgIpc) is 2.75. The third kappa shape index (κ3) is 3.20. The summed E-state index contributed by atoms with van der Waals surface area (Å²) in [6.45, 7) is 3.89. The fraction of sp³-hybridized carbons (Fsp3) is 0.286. The van der Waals surface area contributed by atoms with Gasteiger partial charge in [0, 0.05) is 5.69 Å². The molecule has 2 N–H and O–H groups in total. The van der Waals surface area contributed by atoms with Crippen LogP contribution in [0.2, 0.25) is 0 Å². The second-order valence-corrected chi connectivity index (χ2v) is 4.42. The maximum Gasteiger partial charge on any atom is 0.226 e. The van der Waals surface area contributed by atoms with Gasteiger partial charge in [-0.15, -0.1) is 0 Å². The average molecular weight is 243 g/mol. The molecule has 4 heteroatoms. The predicted molar refractivity (Wildman–Crippen MR) is 70.0 cm³/mol. The van der Waals surface area contributed by atoms with Crippen molar-refractivity contribution in [3.8, 4) is 0 Å². The number of hydrogen-bond acceptors (Lipinski definition) is 2. The summed E-state index contributed by atoms with van der Waals surface area (Å²) in [5.74, 6) is -0.0159. The van der Waals surface area contributed by atoms with Crippen LogP contribution in [0.15, 0.2) is 36.4 Å². The van der Waals surface area contributed by atoms with Crippen LogP contribution in [0.1, 0.15) is 29.9 Å². The van der Waals surface area contributed by atoms with Crippen LogP contribution in [0.3, 0.4) is 0 Å². The molecule has 1 amide bonds. The molecule has 4 nitrogen and oxygen atoms in total. The Kier molecular flexibility index (Phi) is 3.77. The molecule has 0 bridgehead atoms. The molecular weight excluding hydrogens is 226 g/mol. The summed E-state index contributed by atoms with van der Waals surface area (Å²) in [4.78, 5) is 11.8. The van der Waals surface area contributed by atoms with E-state index in [4.69, 9.17) is 0 Å². The molecular formula is C14H17N3O. The second kappa shape index (κ2) is 5.49. The minimum absolute atomic E-state index is 0.0127. The molecule has 0 aliphatic heterocycles. The Hall–Kier alpha value is -2.10. The summed E-state index contributed by atoms with van der Waals surface area (Å²) < 4.78 is 0. The van der Waals surface area contributed by atoms with Crippen LogP contribution in [0.4, 0.5) is 0 Å². The van der Waals surface area contributed by atoms with Crippen molar-refractivity contribution in [3.63, 3.8) is 0 Å². The van der Waals surface area contributed by atoms with Crippen molar-refractivity contribution in [2.45, 2.75) is 26.3 Å². The molecule has 94 valence electrons. The highest BCUT2D eigenvalue weighted by Gasteiger charge is 2.10. The normalized spacial score (nSPS) is 12.1. The lowest BCUT2D eigenvalue weighted by molar-refractivity contribution is -0.121. The van der Waals surface area contributed by atoms with Gasteiger partial charge in [0.2, 0.25) is 5.91 Å². The van der Waals surface area contributed by atoms with Gasteiger partial charge >= 0.3 is 0 Å². The van der Waals surface area contributed by atoms with E-state index in [9.17, 15) is 4.79 Å². The molecule has 1 heterocycles. The summed E-state index contributed by atoms with van der Waals surface area (Å²) >= 11 is 0. The number of H-pyrrole nitrogens is 1. The van der Waals surface area contributed by atoms with Crippen LogP contribution in [-0.2, 0) is 11.2 Å². The molecule has 0 fully saturated rings. The van der Waals surface area contributed by atoms with Crippen molar-refractivity contribution in [3.05, 3.63) is 53.3 Å². The van der Waals surface area contributed by atoms with E-state index in [0.717, 1.165) is 17.0 Å². The van der Waals surface area contributed by atoms with E-state index in [2.05, 4.69) is 15.5 Å². The number of amides is 1. The number of carbonyl (C=O) groups is 1. The van der Waals surface area contributed by atoms with Gasteiger partial charge in [0.05, 0.1) is 18.2 Å². The van der Waals surface area contributed by atoms with Gasteiger partial charge < -0.3 is 5.32 Å². The van der Waals surface area contributed by atoms with Crippen molar-refractivity contribution in [2.75, 3.05) is 0 Å². The van der Waals surface area contributed by atoms with Crippen molar-refractivity contribution >= 4 is 5.91 Å². The molecule has 2 rings (SSSR count). The van der Waals surface area contributed by atoms with Gasteiger partial charge in [-0.25, -0.2) is 0 Å². The van der Waals surface area contributed by atoms with E-state index in [0.29, 0.717) is 6.42 Å². The van der Waals surface area contributed by atoms with Crippen LogP contribution in [0.5, 0.6) is 0 Å². The van der Waals surface area contributed by atoms with E-state index in [1.165, 1.54) is 0 Å². The van der Waals surface area contributed by atoms with Gasteiger partial charge in [0.1, 0.15) is 0 Å². The van der Waals surface area contributed by atoms with Gasteiger partial charge in [0.15, 0.2) is 0 Å². The maximum absolute atomic E-state index is 11.8. The first kappa shape index (κ1) is 12.4. The van der Waals surface area contributed by atoms with E-state index in [-0.39, 0.29) is 11.9 Å². The van der Waals surface area contributed by atoms with Crippen molar-refractivity contribution in [1.82, 2.24) is 15.5 Å². The minimum atomic E-state index is -0.0159. The van der Waals surface area contributed by atoms with Gasteiger partial charge in [-0.1, -0.05) is 30.3 Å². The number of nitrogens with zero attached hydrogens (tertiary/aromatic N) is 1. The number of rotatable bonds is 4. The lowest BCUT2D eigenvalue weighted by Crippen LogP contribution is -2.28. The predicted octanol–water partition coefficient (Wildman–Crippen LogP) is 2.14. The largest absolute Gasteiger partial charge is 0.349 e. The second-order valence-electron chi connectivity index (χ2n) is 4.42. The zero-order chi connectivity index (χ0) is 13.0. The van der Waals surface area contributed by atoms with Crippen LogP contribution < -0.4 is 5.32 Å². The first-order valence-electron chi connectivity index (χ1n) is 6.00. The molecule has 0 saturated heterocycles. The molecule has 2 aromatic rings. The Bertz CT molecular complexity index is 519. The summed E-state index contributed by atoms with van der Waals surface area (Å²) in [7, 11) is 0. The number of aromatic nitrogens is 2. The number of aryl methyl sites for hydroxylation is 1. The summed E-state index contributed by atoms with van der Waals surface area (Å²) in [6.07, 6.45) is 0.307. The fourth-order valence-corrected chi connectivity index (χ4v) is 1.85. The number of benzene rings is 1. The highest BCUT2D eigenvalue weighted by atomic mass is 16.1. The maximum atomic E-state index is 11.8. The zero-order valence-corrected chi connectivity index (χ0v) is 10.6. The number of nitrogens with one attached hydrogen (secondary N) is 2. The molecule has 1 aromatic heterocycles. The van der Waals surface area contributed by atoms with E-state index in [1.807, 2.05) is 50.2 Å². The number of carbonyl (C=O) groups excluding carboxylic acids is 1. The van der Waals surface area contributed by atoms with Gasteiger partial charge in [-0.05, 0) is 25.5 Å². The first-order chi connectivity index (χ1) is 8.65. The lowest BCUT2D eigenvalue weighted by atomic mass is 10.1. The van der Waals surface area contributed by atoms with Crippen molar-refractivity contribution in [1.29, 1.82) is 0 Å². The molecule has 1 atom stereocenters. The molecule has 1 aromatic carbocycles. The van der Waals surface area contributed by atoms with Crippen molar-refractivity contribution in [2.24, 2.45) is 0 Å². The standard InChI is InChI=1S/C14H17N3O/c1-10-8-13(17-16-10)9-14(18)15-11(2)12-6-4-3-5-7-12/h3-8,11H,9H2,1-2H3,(H,15,18)(H,16,17). The molecule has 0 radical (unpaired) electrons. The molecule has 18 heavy (non-hydrogen) atoms. The van der Waals surface area contributed by atoms with E-state index < -0.39 is 0 Å². The molecule has 0 saturated carbocycles.